The van der Waals surface area contributed by atoms with E-state index in [2.05, 4.69) is 34.5 Å². The van der Waals surface area contributed by atoms with Gasteiger partial charge in [0, 0.05) is 25.3 Å². The number of rotatable bonds is 5. The van der Waals surface area contributed by atoms with Crippen LogP contribution in [0.5, 0.6) is 0 Å². The van der Waals surface area contributed by atoms with Crippen LogP contribution in [0.2, 0.25) is 0 Å². The summed E-state index contributed by atoms with van der Waals surface area (Å²) in [5, 5.41) is 13.4. The van der Waals surface area contributed by atoms with Gasteiger partial charge in [0.25, 0.3) is 0 Å². The maximum atomic E-state index is 9.75. The lowest BCUT2D eigenvalue weighted by Gasteiger charge is -2.26. The molecule has 0 spiro atoms. The average Bonchev–Trinajstić information content (AvgIpc) is 3.02. The summed E-state index contributed by atoms with van der Waals surface area (Å²) >= 11 is 0. The minimum absolute atomic E-state index is 0.0672. The smallest absolute Gasteiger partial charge is 0.0543 e. The number of aliphatic hydroxyl groups is 1. The van der Waals surface area contributed by atoms with Crippen LogP contribution in [0.4, 0.5) is 5.69 Å². The minimum Gasteiger partial charge on any atom is -0.393 e. The van der Waals surface area contributed by atoms with Crippen molar-refractivity contribution in [3.8, 4) is 0 Å². The van der Waals surface area contributed by atoms with Gasteiger partial charge in [-0.1, -0.05) is 24.6 Å². The number of hydrogen-bond acceptors (Lipinski definition) is 3. The second kappa shape index (κ2) is 7.28. The van der Waals surface area contributed by atoms with E-state index in [0.29, 0.717) is 5.92 Å². The number of anilines is 1. The molecule has 3 heteroatoms. The van der Waals surface area contributed by atoms with Crippen molar-refractivity contribution in [1.82, 2.24) is 5.32 Å². The molecule has 2 aliphatic rings. The van der Waals surface area contributed by atoms with Gasteiger partial charge >= 0.3 is 0 Å². The highest BCUT2D eigenvalue weighted by Crippen LogP contribution is 2.26. The summed E-state index contributed by atoms with van der Waals surface area (Å²) in [6.07, 6.45) is 6.98. The topological polar surface area (TPSA) is 35.5 Å². The Kier molecular flexibility index (Phi) is 5.15. The molecule has 0 bridgehead atoms. The van der Waals surface area contributed by atoms with E-state index in [4.69, 9.17) is 0 Å². The van der Waals surface area contributed by atoms with Crippen LogP contribution in [0.25, 0.3) is 0 Å². The van der Waals surface area contributed by atoms with Crippen LogP contribution in [0, 0.1) is 5.92 Å². The Morgan fingerprint density at radius 3 is 2.71 bits per heavy atom. The van der Waals surface area contributed by atoms with Gasteiger partial charge in [-0.3, -0.25) is 0 Å². The quantitative estimate of drug-likeness (QED) is 0.874. The molecule has 1 heterocycles. The Labute approximate surface area is 128 Å². The van der Waals surface area contributed by atoms with E-state index in [9.17, 15) is 5.11 Å². The molecule has 0 radical (unpaired) electrons. The second-order valence-corrected chi connectivity index (χ2v) is 6.64. The Hall–Kier alpha value is -1.06. The SMILES string of the molecule is OC1CCCC(CNCc2ccccc2N2CCCC2)C1. The third-order valence-corrected chi connectivity index (χ3v) is 4.94. The summed E-state index contributed by atoms with van der Waals surface area (Å²) in [5.41, 5.74) is 2.82. The van der Waals surface area contributed by atoms with Crippen LogP contribution in [0.1, 0.15) is 44.1 Å². The van der Waals surface area contributed by atoms with Crippen molar-refractivity contribution in [2.45, 2.75) is 51.2 Å². The molecule has 2 N–H and O–H groups in total. The molecular formula is C18H28N2O. The molecule has 21 heavy (non-hydrogen) atoms. The lowest BCUT2D eigenvalue weighted by molar-refractivity contribution is 0.101. The first-order valence-corrected chi connectivity index (χ1v) is 8.54. The molecule has 2 atom stereocenters. The number of aliphatic hydroxyl groups excluding tert-OH is 1. The van der Waals surface area contributed by atoms with Crippen molar-refractivity contribution in [2.75, 3.05) is 24.5 Å². The maximum Gasteiger partial charge on any atom is 0.0543 e. The molecule has 1 saturated heterocycles. The molecule has 1 saturated carbocycles. The fourth-order valence-corrected chi connectivity index (χ4v) is 3.79. The monoisotopic (exact) mass is 288 g/mol. The highest BCUT2D eigenvalue weighted by atomic mass is 16.3. The van der Waals surface area contributed by atoms with E-state index in [0.717, 1.165) is 25.9 Å². The van der Waals surface area contributed by atoms with Gasteiger partial charge in [0.1, 0.15) is 0 Å². The lowest BCUT2D eigenvalue weighted by atomic mass is 9.87. The Morgan fingerprint density at radius 2 is 1.90 bits per heavy atom. The second-order valence-electron chi connectivity index (χ2n) is 6.64. The third kappa shape index (κ3) is 3.98. The molecule has 2 unspecified atom stereocenters. The first-order chi connectivity index (χ1) is 10.3. The molecular weight excluding hydrogens is 260 g/mol. The number of nitrogens with zero attached hydrogens (tertiary/aromatic N) is 1. The fourth-order valence-electron chi connectivity index (χ4n) is 3.79. The normalized spacial score (nSPS) is 26.2. The molecule has 116 valence electrons. The predicted molar refractivity (Wildman–Crippen MR) is 87.6 cm³/mol. The molecule has 1 aromatic carbocycles. The van der Waals surface area contributed by atoms with Gasteiger partial charge in [-0.05, 0) is 56.2 Å². The van der Waals surface area contributed by atoms with Crippen molar-refractivity contribution in [2.24, 2.45) is 5.92 Å². The van der Waals surface area contributed by atoms with E-state index in [1.54, 1.807) is 0 Å². The van der Waals surface area contributed by atoms with Gasteiger partial charge < -0.3 is 15.3 Å². The fraction of sp³-hybridized carbons (Fsp3) is 0.667. The maximum absolute atomic E-state index is 9.75. The summed E-state index contributed by atoms with van der Waals surface area (Å²) in [6, 6.07) is 8.79. The third-order valence-electron chi connectivity index (χ3n) is 4.94. The molecule has 1 aromatic rings. The van der Waals surface area contributed by atoms with Gasteiger partial charge in [0.15, 0.2) is 0 Å². The summed E-state index contributed by atoms with van der Waals surface area (Å²) in [4.78, 5) is 2.52. The Bertz CT molecular complexity index is 443. The van der Waals surface area contributed by atoms with Gasteiger partial charge in [0.2, 0.25) is 0 Å². The minimum atomic E-state index is -0.0672. The zero-order valence-electron chi connectivity index (χ0n) is 12.9. The van der Waals surface area contributed by atoms with E-state index in [-0.39, 0.29) is 6.10 Å². The molecule has 3 nitrogen and oxygen atoms in total. The summed E-state index contributed by atoms with van der Waals surface area (Å²) in [5.74, 6) is 0.646. The number of nitrogens with one attached hydrogen (secondary N) is 1. The van der Waals surface area contributed by atoms with Crippen LogP contribution in [0.3, 0.4) is 0 Å². The highest BCUT2D eigenvalue weighted by Gasteiger charge is 2.20. The van der Waals surface area contributed by atoms with Gasteiger partial charge in [-0.15, -0.1) is 0 Å². The van der Waals surface area contributed by atoms with Crippen LogP contribution in [0.15, 0.2) is 24.3 Å². The van der Waals surface area contributed by atoms with E-state index in [1.807, 2.05) is 0 Å². The van der Waals surface area contributed by atoms with E-state index < -0.39 is 0 Å². The molecule has 3 rings (SSSR count). The largest absolute Gasteiger partial charge is 0.393 e. The van der Waals surface area contributed by atoms with Crippen LogP contribution < -0.4 is 10.2 Å². The summed E-state index contributed by atoms with van der Waals surface area (Å²) in [6.45, 7) is 4.38. The lowest BCUT2D eigenvalue weighted by Crippen LogP contribution is -2.29. The number of benzene rings is 1. The zero-order valence-corrected chi connectivity index (χ0v) is 12.9. The van der Waals surface area contributed by atoms with Crippen molar-refractivity contribution in [3.05, 3.63) is 29.8 Å². The van der Waals surface area contributed by atoms with Gasteiger partial charge in [0.05, 0.1) is 6.10 Å². The van der Waals surface area contributed by atoms with Crippen LogP contribution >= 0.6 is 0 Å². The molecule has 1 aliphatic carbocycles. The highest BCUT2D eigenvalue weighted by molar-refractivity contribution is 5.54. The predicted octanol–water partition coefficient (Wildman–Crippen LogP) is 2.93. The van der Waals surface area contributed by atoms with Crippen LogP contribution in [-0.4, -0.2) is 30.8 Å². The van der Waals surface area contributed by atoms with E-state index >= 15 is 0 Å². The molecule has 2 fully saturated rings. The van der Waals surface area contributed by atoms with Gasteiger partial charge in [-0.2, -0.15) is 0 Å². The number of hydrogen-bond donors (Lipinski definition) is 2. The first kappa shape index (κ1) is 14.9. The van der Waals surface area contributed by atoms with Crippen LogP contribution in [-0.2, 0) is 6.54 Å². The summed E-state index contributed by atoms with van der Waals surface area (Å²) in [7, 11) is 0. The Balaban J connectivity index is 1.53. The molecule has 1 aliphatic heterocycles. The van der Waals surface area contributed by atoms with E-state index in [1.165, 1.54) is 50.0 Å². The molecule has 0 amide bonds. The van der Waals surface area contributed by atoms with Crippen molar-refractivity contribution < 1.29 is 5.11 Å². The van der Waals surface area contributed by atoms with Crippen molar-refractivity contribution >= 4 is 5.69 Å². The van der Waals surface area contributed by atoms with Crippen molar-refractivity contribution in [1.29, 1.82) is 0 Å². The summed E-state index contributed by atoms with van der Waals surface area (Å²) < 4.78 is 0. The average molecular weight is 288 g/mol. The van der Waals surface area contributed by atoms with Crippen molar-refractivity contribution in [3.63, 3.8) is 0 Å². The standard InChI is InChI=1S/C18H28N2O/c21-17-8-5-6-15(12-17)13-19-14-16-7-1-2-9-18(16)20-10-3-4-11-20/h1-2,7,9,15,17,19,21H,3-6,8,10-14H2. The Morgan fingerprint density at radius 1 is 1.10 bits per heavy atom. The molecule has 0 aromatic heterocycles. The zero-order chi connectivity index (χ0) is 14.5. The first-order valence-electron chi connectivity index (χ1n) is 8.54. The number of para-hydroxylation sites is 1. The van der Waals surface area contributed by atoms with Gasteiger partial charge in [-0.25, -0.2) is 0 Å².